The second-order valence-corrected chi connectivity index (χ2v) is 8.23. The molecule has 0 unspecified atom stereocenters. The van der Waals surface area contributed by atoms with Crippen LogP contribution in [-0.2, 0) is 24.2 Å². The van der Waals surface area contributed by atoms with Gasteiger partial charge in [-0.05, 0) is 48.9 Å². The van der Waals surface area contributed by atoms with Crippen LogP contribution >= 0.6 is 11.3 Å². The standard InChI is InChI=1S/C22H21N5O2S/c28-20-10-24-21-19(27(20)11-16-12-30-13-25-16)8-15(9-23-21)22(29)26-18-7-3-5-14-4-1-2-6-17(14)18/h3,5,7-9,12-13H,1-2,4,6,10-11H2,(H,23,24)(H,26,29). The van der Waals surface area contributed by atoms with Gasteiger partial charge in [-0.2, -0.15) is 0 Å². The van der Waals surface area contributed by atoms with E-state index >= 15 is 0 Å². The molecule has 0 radical (unpaired) electrons. The second-order valence-electron chi connectivity index (χ2n) is 7.51. The van der Waals surface area contributed by atoms with Crippen molar-refractivity contribution < 1.29 is 9.59 Å². The molecule has 30 heavy (non-hydrogen) atoms. The molecule has 5 rings (SSSR count). The Kier molecular flexibility index (Phi) is 4.92. The summed E-state index contributed by atoms with van der Waals surface area (Å²) in [5, 5.41) is 7.99. The van der Waals surface area contributed by atoms with E-state index in [4.69, 9.17) is 0 Å². The van der Waals surface area contributed by atoms with Crippen molar-refractivity contribution in [3.05, 3.63) is 63.7 Å². The molecule has 152 valence electrons. The minimum absolute atomic E-state index is 0.0769. The van der Waals surface area contributed by atoms with Gasteiger partial charge in [-0.25, -0.2) is 9.97 Å². The minimum Gasteiger partial charge on any atom is -0.359 e. The van der Waals surface area contributed by atoms with Crippen LogP contribution in [-0.4, -0.2) is 28.3 Å². The van der Waals surface area contributed by atoms with Gasteiger partial charge in [0.1, 0.15) is 0 Å². The molecule has 0 atom stereocenters. The Bertz CT molecular complexity index is 1110. The number of rotatable bonds is 4. The van der Waals surface area contributed by atoms with Gasteiger partial charge in [0, 0.05) is 17.3 Å². The average molecular weight is 420 g/mol. The Hall–Kier alpha value is -3.26. The number of carbonyl (C=O) groups is 2. The Labute approximate surface area is 178 Å². The second kappa shape index (κ2) is 7.87. The van der Waals surface area contributed by atoms with Crippen LogP contribution in [0.3, 0.4) is 0 Å². The van der Waals surface area contributed by atoms with E-state index in [1.165, 1.54) is 28.9 Å². The summed E-state index contributed by atoms with van der Waals surface area (Å²) in [6.45, 7) is 0.530. The predicted octanol–water partition coefficient (Wildman–Crippen LogP) is 3.63. The van der Waals surface area contributed by atoms with Crippen molar-refractivity contribution in [3.8, 4) is 0 Å². The van der Waals surface area contributed by atoms with Crippen molar-refractivity contribution in [1.82, 2.24) is 9.97 Å². The zero-order valence-corrected chi connectivity index (χ0v) is 17.2. The molecule has 0 bridgehead atoms. The molecule has 2 aliphatic rings. The molecule has 2 N–H and O–H groups in total. The van der Waals surface area contributed by atoms with Crippen molar-refractivity contribution in [3.63, 3.8) is 0 Å². The van der Waals surface area contributed by atoms with E-state index in [0.717, 1.165) is 30.6 Å². The zero-order valence-electron chi connectivity index (χ0n) is 16.4. The molecule has 1 aromatic carbocycles. The highest BCUT2D eigenvalue weighted by atomic mass is 32.1. The Morgan fingerprint density at radius 2 is 2.13 bits per heavy atom. The first-order valence-corrected chi connectivity index (χ1v) is 11.0. The van der Waals surface area contributed by atoms with Crippen molar-refractivity contribution in [2.24, 2.45) is 0 Å². The predicted molar refractivity (Wildman–Crippen MR) is 117 cm³/mol. The summed E-state index contributed by atoms with van der Waals surface area (Å²) in [4.78, 5) is 35.8. The number of nitrogens with zero attached hydrogens (tertiary/aromatic N) is 3. The summed E-state index contributed by atoms with van der Waals surface area (Å²) in [6, 6.07) is 7.80. The van der Waals surface area contributed by atoms with Gasteiger partial charge in [0.05, 0.1) is 35.5 Å². The summed E-state index contributed by atoms with van der Waals surface area (Å²) in [5.74, 6) is 0.293. The third-order valence-electron chi connectivity index (χ3n) is 5.58. The van der Waals surface area contributed by atoms with Crippen LogP contribution in [0.5, 0.6) is 0 Å². The number of thiazole rings is 1. The first-order valence-electron chi connectivity index (χ1n) is 10.0. The van der Waals surface area contributed by atoms with Gasteiger partial charge in [-0.15, -0.1) is 11.3 Å². The lowest BCUT2D eigenvalue weighted by Crippen LogP contribution is -2.40. The molecular formula is C22H21N5O2S. The van der Waals surface area contributed by atoms with E-state index in [2.05, 4.69) is 26.7 Å². The Morgan fingerprint density at radius 3 is 3.00 bits per heavy atom. The lowest BCUT2D eigenvalue weighted by atomic mass is 9.90. The lowest BCUT2D eigenvalue weighted by molar-refractivity contribution is -0.117. The molecular weight excluding hydrogens is 398 g/mol. The van der Waals surface area contributed by atoms with E-state index in [-0.39, 0.29) is 18.4 Å². The third-order valence-corrected chi connectivity index (χ3v) is 6.21. The number of hydrogen-bond acceptors (Lipinski definition) is 6. The van der Waals surface area contributed by atoms with Gasteiger partial charge in [-0.1, -0.05) is 12.1 Å². The van der Waals surface area contributed by atoms with E-state index in [1.807, 2.05) is 17.5 Å². The maximum absolute atomic E-state index is 13.0. The minimum atomic E-state index is -0.226. The summed E-state index contributed by atoms with van der Waals surface area (Å²) >= 11 is 1.49. The molecule has 3 aromatic rings. The number of benzene rings is 1. The molecule has 7 nitrogen and oxygen atoms in total. The van der Waals surface area contributed by atoms with Gasteiger partial charge in [-0.3, -0.25) is 9.59 Å². The van der Waals surface area contributed by atoms with Gasteiger partial charge in [0.2, 0.25) is 5.91 Å². The fraction of sp³-hybridized carbons (Fsp3) is 0.273. The van der Waals surface area contributed by atoms with Crippen LogP contribution in [0.2, 0.25) is 0 Å². The number of nitrogens with one attached hydrogen (secondary N) is 2. The van der Waals surface area contributed by atoms with Crippen LogP contribution in [0.25, 0.3) is 0 Å². The normalized spacial score (nSPS) is 15.2. The summed E-state index contributed by atoms with van der Waals surface area (Å²) < 4.78 is 0. The monoisotopic (exact) mass is 419 g/mol. The quantitative estimate of drug-likeness (QED) is 0.674. The van der Waals surface area contributed by atoms with Crippen molar-refractivity contribution >= 4 is 40.3 Å². The number of aryl methyl sites for hydroxylation is 1. The first kappa shape index (κ1) is 18.7. The summed E-state index contributed by atoms with van der Waals surface area (Å²) in [6.07, 6.45) is 5.91. The fourth-order valence-electron chi connectivity index (χ4n) is 4.05. The largest absolute Gasteiger partial charge is 0.359 e. The van der Waals surface area contributed by atoms with Gasteiger partial charge >= 0.3 is 0 Å². The van der Waals surface area contributed by atoms with Crippen molar-refractivity contribution in [2.45, 2.75) is 32.2 Å². The van der Waals surface area contributed by atoms with Crippen molar-refractivity contribution in [2.75, 3.05) is 22.1 Å². The van der Waals surface area contributed by atoms with E-state index in [1.54, 1.807) is 22.7 Å². The van der Waals surface area contributed by atoms with Crippen LogP contribution in [0.15, 0.2) is 41.4 Å². The molecule has 2 aromatic heterocycles. The highest BCUT2D eigenvalue weighted by Crippen LogP contribution is 2.31. The van der Waals surface area contributed by atoms with Crippen LogP contribution in [0, 0.1) is 0 Å². The SMILES string of the molecule is O=C(Nc1cccc2c1CCCC2)c1cnc2c(c1)N(Cc1cscn1)C(=O)CN2. The maximum atomic E-state index is 13.0. The molecule has 2 amide bonds. The van der Waals surface area contributed by atoms with Crippen LogP contribution in [0.1, 0.15) is 40.0 Å². The number of amides is 2. The Morgan fingerprint density at radius 1 is 1.23 bits per heavy atom. The molecule has 1 aliphatic heterocycles. The third kappa shape index (κ3) is 3.54. The van der Waals surface area contributed by atoms with Crippen LogP contribution in [0.4, 0.5) is 17.2 Å². The number of carbonyl (C=O) groups excluding carboxylic acids is 2. The molecule has 0 spiro atoms. The fourth-order valence-corrected chi connectivity index (χ4v) is 4.60. The highest BCUT2D eigenvalue weighted by molar-refractivity contribution is 7.07. The topological polar surface area (TPSA) is 87.2 Å². The van der Waals surface area contributed by atoms with Gasteiger partial charge in [0.25, 0.3) is 5.91 Å². The average Bonchev–Trinajstić information content (AvgIpc) is 3.29. The number of aromatic nitrogens is 2. The van der Waals surface area contributed by atoms with E-state index < -0.39 is 0 Å². The maximum Gasteiger partial charge on any atom is 0.257 e. The molecule has 0 saturated heterocycles. The van der Waals surface area contributed by atoms with Crippen LogP contribution < -0.4 is 15.5 Å². The zero-order chi connectivity index (χ0) is 20.5. The number of fused-ring (bicyclic) bond motifs is 2. The first-order chi connectivity index (χ1) is 14.7. The van der Waals surface area contributed by atoms with Crippen molar-refractivity contribution in [1.29, 1.82) is 0 Å². The molecule has 8 heteroatoms. The number of pyridine rings is 1. The summed E-state index contributed by atoms with van der Waals surface area (Å²) in [7, 11) is 0. The summed E-state index contributed by atoms with van der Waals surface area (Å²) in [5.41, 5.74) is 6.97. The van der Waals surface area contributed by atoms with E-state index in [9.17, 15) is 9.59 Å². The highest BCUT2D eigenvalue weighted by Gasteiger charge is 2.27. The number of anilines is 3. The number of hydrogen-bond donors (Lipinski definition) is 2. The molecule has 0 saturated carbocycles. The molecule has 3 heterocycles. The van der Waals surface area contributed by atoms with E-state index in [0.29, 0.717) is 23.6 Å². The molecule has 1 aliphatic carbocycles. The lowest BCUT2D eigenvalue weighted by Gasteiger charge is -2.29. The van der Waals surface area contributed by atoms with Gasteiger partial charge < -0.3 is 15.5 Å². The Balaban J connectivity index is 1.43. The smallest absolute Gasteiger partial charge is 0.257 e. The van der Waals surface area contributed by atoms with Gasteiger partial charge in [0.15, 0.2) is 5.82 Å². The molecule has 0 fully saturated rings.